The summed E-state index contributed by atoms with van der Waals surface area (Å²) >= 11 is 0. The molecule has 2 aliphatic rings. The molecule has 1 spiro atoms. The predicted molar refractivity (Wildman–Crippen MR) is 276 cm³/mol. The standard InChI is InChI=1S/C65H47N/c1-3-17-44(18-4-1)46-33-35-48(36-34-46)52(50-39-42-56-55-25-9-13-31-61(55)65(62(56)43-50)59-29-11-7-23-53(59)54-24-8-12-30-60(54)65)27-15-21-49-22-16-28-58-57-26-10-14-32-63(57)66(64(49)58)51-40-37-47(38-41-51)45-19-5-2-6-20-45/h1-14,16-20,22-26,28-43,52H,15,21,27H2. The van der Waals surface area contributed by atoms with Crippen LogP contribution in [0.2, 0.25) is 0 Å². The maximum atomic E-state index is 2.60. The van der Waals surface area contributed by atoms with Crippen molar-refractivity contribution in [2.45, 2.75) is 30.6 Å². The van der Waals surface area contributed by atoms with Gasteiger partial charge in [-0.3, -0.25) is 0 Å². The second kappa shape index (κ2) is 15.6. The van der Waals surface area contributed by atoms with Crippen molar-refractivity contribution in [3.63, 3.8) is 0 Å². The Morgan fingerprint density at radius 2 is 0.848 bits per heavy atom. The van der Waals surface area contributed by atoms with Gasteiger partial charge in [0.25, 0.3) is 0 Å². The van der Waals surface area contributed by atoms with Gasteiger partial charge in [-0.2, -0.15) is 0 Å². The first-order chi connectivity index (χ1) is 32.8. The lowest BCUT2D eigenvalue weighted by Gasteiger charge is -2.31. The highest BCUT2D eigenvalue weighted by Gasteiger charge is 2.51. The van der Waals surface area contributed by atoms with Crippen LogP contribution in [0.25, 0.3) is 72.0 Å². The molecular formula is C65H47N. The number of para-hydroxylation sites is 2. The minimum atomic E-state index is -0.376. The molecule has 1 unspecified atom stereocenters. The van der Waals surface area contributed by atoms with Gasteiger partial charge >= 0.3 is 0 Å². The third-order valence-electron chi connectivity index (χ3n) is 14.8. The predicted octanol–water partition coefficient (Wildman–Crippen LogP) is 16.6. The molecule has 1 heteroatoms. The lowest BCUT2D eigenvalue weighted by molar-refractivity contribution is 0.660. The van der Waals surface area contributed by atoms with E-state index in [0.29, 0.717) is 0 Å². The van der Waals surface area contributed by atoms with E-state index < -0.39 is 0 Å². The first-order valence-electron chi connectivity index (χ1n) is 23.5. The maximum Gasteiger partial charge on any atom is 0.0725 e. The average molecular weight is 842 g/mol. The molecule has 0 radical (unpaired) electrons. The molecule has 0 bridgehead atoms. The summed E-state index contributed by atoms with van der Waals surface area (Å²) in [7, 11) is 0. The Hall–Kier alpha value is -8.00. The van der Waals surface area contributed by atoms with Gasteiger partial charge in [-0.15, -0.1) is 0 Å². The molecule has 10 aromatic carbocycles. The molecule has 1 aromatic heterocycles. The zero-order valence-corrected chi connectivity index (χ0v) is 36.7. The fourth-order valence-electron chi connectivity index (χ4n) is 11.9. The van der Waals surface area contributed by atoms with E-state index in [1.807, 2.05) is 0 Å². The minimum absolute atomic E-state index is 0.198. The van der Waals surface area contributed by atoms with Crippen molar-refractivity contribution in [2.24, 2.45) is 0 Å². The fraction of sp³-hybridized carbons (Fsp3) is 0.0769. The van der Waals surface area contributed by atoms with Gasteiger partial charge < -0.3 is 4.57 Å². The van der Waals surface area contributed by atoms with Gasteiger partial charge in [0.15, 0.2) is 0 Å². The molecule has 11 aromatic rings. The Bertz CT molecular complexity index is 3530. The number of nitrogens with zero attached hydrogens (tertiary/aromatic N) is 1. The van der Waals surface area contributed by atoms with E-state index >= 15 is 0 Å². The van der Waals surface area contributed by atoms with Gasteiger partial charge in [0, 0.05) is 22.4 Å². The smallest absolute Gasteiger partial charge is 0.0725 e. The van der Waals surface area contributed by atoms with Crippen LogP contribution < -0.4 is 0 Å². The van der Waals surface area contributed by atoms with Gasteiger partial charge in [0.2, 0.25) is 0 Å². The lowest BCUT2D eigenvalue weighted by atomic mass is 9.70. The molecule has 1 nitrogen and oxygen atoms in total. The van der Waals surface area contributed by atoms with Crippen molar-refractivity contribution in [1.29, 1.82) is 0 Å². The number of aromatic nitrogens is 1. The maximum absolute atomic E-state index is 2.60. The van der Waals surface area contributed by atoms with Gasteiger partial charge in [-0.1, -0.05) is 224 Å². The Morgan fingerprint density at radius 1 is 0.364 bits per heavy atom. The largest absolute Gasteiger partial charge is 0.309 e. The zero-order valence-electron chi connectivity index (χ0n) is 36.7. The number of fused-ring (bicyclic) bond motifs is 13. The Labute approximate surface area is 386 Å². The van der Waals surface area contributed by atoms with Gasteiger partial charge in [0.1, 0.15) is 0 Å². The van der Waals surface area contributed by atoms with E-state index in [1.54, 1.807) is 0 Å². The van der Waals surface area contributed by atoms with Crippen molar-refractivity contribution in [3.05, 3.63) is 282 Å². The summed E-state index contributed by atoms with van der Waals surface area (Å²) in [6, 6.07) is 90.7. The van der Waals surface area contributed by atoms with E-state index in [9.17, 15) is 0 Å². The Balaban J connectivity index is 0.918. The fourth-order valence-corrected chi connectivity index (χ4v) is 11.9. The van der Waals surface area contributed by atoms with Gasteiger partial charge in [0.05, 0.1) is 16.4 Å². The zero-order chi connectivity index (χ0) is 43.6. The normalized spacial score (nSPS) is 13.4. The van der Waals surface area contributed by atoms with Crippen molar-refractivity contribution in [3.8, 4) is 50.2 Å². The summed E-state index contributed by atoms with van der Waals surface area (Å²) in [5.74, 6) is 0.198. The van der Waals surface area contributed by atoms with Crippen LogP contribution in [0.15, 0.2) is 243 Å². The molecule has 2 aliphatic carbocycles. The molecule has 312 valence electrons. The summed E-state index contributed by atoms with van der Waals surface area (Å²) in [6.45, 7) is 0. The third-order valence-corrected chi connectivity index (χ3v) is 14.8. The van der Waals surface area contributed by atoms with Gasteiger partial charge in [-0.25, -0.2) is 0 Å². The molecule has 1 atom stereocenters. The molecule has 0 N–H and O–H groups in total. The van der Waals surface area contributed by atoms with Crippen LogP contribution in [-0.2, 0) is 11.8 Å². The summed E-state index contributed by atoms with van der Waals surface area (Å²) in [5.41, 5.74) is 23.4. The van der Waals surface area contributed by atoms with Crippen LogP contribution in [0.4, 0.5) is 0 Å². The van der Waals surface area contributed by atoms with Crippen LogP contribution in [0.1, 0.15) is 57.7 Å². The number of aryl methyl sites for hydroxylation is 1. The highest BCUT2D eigenvalue weighted by atomic mass is 15.0. The molecule has 1 heterocycles. The monoisotopic (exact) mass is 841 g/mol. The summed E-state index contributed by atoms with van der Waals surface area (Å²) in [6.07, 6.45) is 3.02. The highest BCUT2D eigenvalue weighted by Crippen LogP contribution is 2.63. The third kappa shape index (κ3) is 5.93. The van der Waals surface area contributed by atoms with E-state index in [2.05, 4.69) is 247 Å². The highest BCUT2D eigenvalue weighted by molar-refractivity contribution is 6.10. The number of hydrogen-bond acceptors (Lipinski definition) is 0. The average Bonchev–Trinajstić information content (AvgIpc) is 4.00. The van der Waals surface area contributed by atoms with Crippen molar-refractivity contribution < 1.29 is 0 Å². The molecular weight excluding hydrogens is 795 g/mol. The quantitative estimate of drug-likeness (QED) is 0.136. The molecule has 66 heavy (non-hydrogen) atoms. The van der Waals surface area contributed by atoms with Gasteiger partial charge in [-0.05, 0) is 121 Å². The Morgan fingerprint density at radius 3 is 1.47 bits per heavy atom. The van der Waals surface area contributed by atoms with Crippen LogP contribution in [0.5, 0.6) is 0 Å². The first kappa shape index (κ1) is 38.5. The Kier molecular flexibility index (Phi) is 9.10. The van der Waals surface area contributed by atoms with E-state index in [-0.39, 0.29) is 11.3 Å². The lowest BCUT2D eigenvalue weighted by Crippen LogP contribution is -2.26. The van der Waals surface area contributed by atoms with Crippen molar-refractivity contribution in [2.75, 3.05) is 0 Å². The van der Waals surface area contributed by atoms with Crippen LogP contribution in [-0.4, -0.2) is 4.57 Å². The number of hydrogen-bond donors (Lipinski definition) is 0. The molecule has 13 rings (SSSR count). The van der Waals surface area contributed by atoms with Crippen LogP contribution in [0, 0.1) is 0 Å². The summed E-state index contributed by atoms with van der Waals surface area (Å²) < 4.78 is 2.50. The van der Waals surface area contributed by atoms with Crippen molar-refractivity contribution >= 4 is 21.8 Å². The second-order valence-corrected chi connectivity index (χ2v) is 18.2. The molecule has 0 fully saturated rings. The number of benzene rings is 10. The first-order valence-corrected chi connectivity index (χ1v) is 23.5. The van der Waals surface area contributed by atoms with Crippen molar-refractivity contribution in [1.82, 2.24) is 4.57 Å². The topological polar surface area (TPSA) is 4.93 Å². The van der Waals surface area contributed by atoms with E-state index in [0.717, 1.165) is 19.3 Å². The van der Waals surface area contributed by atoms with E-state index in [1.165, 1.54) is 111 Å². The summed E-state index contributed by atoms with van der Waals surface area (Å²) in [5, 5.41) is 2.60. The molecule has 0 saturated carbocycles. The van der Waals surface area contributed by atoms with Crippen LogP contribution in [0.3, 0.4) is 0 Å². The molecule has 0 aliphatic heterocycles. The second-order valence-electron chi connectivity index (χ2n) is 18.2. The van der Waals surface area contributed by atoms with Crippen LogP contribution >= 0.6 is 0 Å². The molecule has 0 saturated heterocycles. The summed E-state index contributed by atoms with van der Waals surface area (Å²) in [4.78, 5) is 0. The number of rotatable bonds is 9. The molecule has 0 amide bonds. The van der Waals surface area contributed by atoms with E-state index in [4.69, 9.17) is 0 Å². The SMILES string of the molecule is c1ccc(-c2ccc(C(CCCc3cccc4c5ccccc5n(-c5ccc(-c6ccccc6)cc5)c34)c3ccc4c(c3)C3(c5ccccc5-c5ccccc53)c3ccccc3-4)cc2)cc1. The minimum Gasteiger partial charge on any atom is -0.309 e.